The molecule has 0 heterocycles. The number of nitrogens with two attached hydrogens (primary N) is 1. The van der Waals surface area contributed by atoms with Gasteiger partial charge in [0.2, 0.25) is 10.0 Å². The van der Waals surface area contributed by atoms with Crippen LogP contribution >= 0.6 is 0 Å². The summed E-state index contributed by atoms with van der Waals surface area (Å²) in [6.45, 7) is 7.40. The summed E-state index contributed by atoms with van der Waals surface area (Å²) in [6.07, 6.45) is 0.415. The second kappa shape index (κ2) is 6.56. The minimum Gasteiger partial charge on any atom is -0.398 e. The molecule has 114 valence electrons. The van der Waals surface area contributed by atoms with Crippen molar-refractivity contribution in [2.45, 2.75) is 45.1 Å². The summed E-state index contributed by atoms with van der Waals surface area (Å²) in [5, 5.41) is 8.95. The van der Waals surface area contributed by atoms with E-state index in [1.54, 1.807) is 26.0 Å². The summed E-state index contributed by atoms with van der Waals surface area (Å²) >= 11 is 0. The fourth-order valence-electron chi connectivity index (χ4n) is 2.24. The molecule has 20 heavy (non-hydrogen) atoms. The molecule has 0 aliphatic carbocycles. The Labute approximate surface area is 121 Å². The van der Waals surface area contributed by atoms with E-state index < -0.39 is 10.0 Å². The summed E-state index contributed by atoms with van der Waals surface area (Å²) in [7, 11) is -3.61. The van der Waals surface area contributed by atoms with Crippen molar-refractivity contribution >= 4 is 15.7 Å². The molecule has 6 heteroatoms. The first-order valence-corrected chi connectivity index (χ1v) is 8.15. The lowest BCUT2D eigenvalue weighted by molar-refractivity contribution is 0.258. The predicted octanol–water partition coefficient (Wildman–Crippen LogP) is 1.67. The minimum atomic E-state index is -3.61. The maximum Gasteiger partial charge on any atom is 0.243 e. The van der Waals surface area contributed by atoms with Gasteiger partial charge in [-0.1, -0.05) is 6.07 Å². The third kappa shape index (κ3) is 3.31. The number of anilines is 1. The van der Waals surface area contributed by atoms with Gasteiger partial charge in [-0.3, -0.25) is 0 Å². The molecule has 0 atom stereocenters. The van der Waals surface area contributed by atoms with Crippen LogP contribution in [0.3, 0.4) is 0 Å². The van der Waals surface area contributed by atoms with Gasteiger partial charge in [0.15, 0.2) is 0 Å². The van der Waals surface area contributed by atoms with Crippen molar-refractivity contribution < 1.29 is 13.5 Å². The molecule has 1 aromatic carbocycles. The molecule has 0 aliphatic rings. The van der Waals surface area contributed by atoms with Gasteiger partial charge in [0, 0.05) is 24.9 Å². The number of hydrogen-bond acceptors (Lipinski definition) is 4. The molecular weight excluding hydrogens is 276 g/mol. The van der Waals surface area contributed by atoms with Crippen molar-refractivity contribution in [3.63, 3.8) is 0 Å². The van der Waals surface area contributed by atoms with Crippen LogP contribution < -0.4 is 5.73 Å². The molecule has 0 bridgehead atoms. The van der Waals surface area contributed by atoms with E-state index in [4.69, 9.17) is 10.8 Å². The van der Waals surface area contributed by atoms with Crippen molar-refractivity contribution in [3.05, 3.63) is 23.3 Å². The molecular formula is C14H24N2O3S. The van der Waals surface area contributed by atoms with Gasteiger partial charge in [-0.2, -0.15) is 4.31 Å². The summed E-state index contributed by atoms with van der Waals surface area (Å²) in [6, 6.07) is 3.27. The number of benzene rings is 1. The summed E-state index contributed by atoms with van der Waals surface area (Å²) < 4.78 is 27.1. The van der Waals surface area contributed by atoms with Crippen LogP contribution in [0.15, 0.2) is 17.0 Å². The molecule has 0 unspecified atom stereocenters. The summed E-state index contributed by atoms with van der Waals surface area (Å²) in [5.41, 5.74) is 7.58. The van der Waals surface area contributed by atoms with Gasteiger partial charge < -0.3 is 10.8 Å². The molecule has 0 aromatic heterocycles. The zero-order chi connectivity index (χ0) is 15.5. The molecule has 1 aromatic rings. The van der Waals surface area contributed by atoms with E-state index in [0.29, 0.717) is 29.8 Å². The van der Waals surface area contributed by atoms with Crippen LogP contribution in [0.25, 0.3) is 0 Å². The molecule has 0 radical (unpaired) electrons. The summed E-state index contributed by atoms with van der Waals surface area (Å²) in [5.74, 6) is 0. The van der Waals surface area contributed by atoms with Gasteiger partial charge in [-0.15, -0.1) is 0 Å². The molecule has 0 saturated carbocycles. The van der Waals surface area contributed by atoms with Crippen LogP contribution in [0.4, 0.5) is 5.69 Å². The van der Waals surface area contributed by atoms with Gasteiger partial charge >= 0.3 is 0 Å². The zero-order valence-corrected chi connectivity index (χ0v) is 13.4. The maximum atomic E-state index is 12.9. The number of nitrogens with zero attached hydrogens (tertiary/aromatic N) is 1. The molecule has 1 rings (SSSR count). The lowest BCUT2D eigenvalue weighted by Gasteiger charge is -2.27. The average molecular weight is 300 g/mol. The van der Waals surface area contributed by atoms with Crippen molar-refractivity contribution in [3.8, 4) is 0 Å². The smallest absolute Gasteiger partial charge is 0.243 e. The quantitative estimate of drug-likeness (QED) is 0.783. The van der Waals surface area contributed by atoms with Crippen LogP contribution in [0.1, 0.15) is 31.4 Å². The normalized spacial score (nSPS) is 12.3. The third-order valence-electron chi connectivity index (χ3n) is 3.32. The Morgan fingerprint density at radius 1 is 1.30 bits per heavy atom. The third-order valence-corrected chi connectivity index (χ3v) is 5.69. The highest BCUT2D eigenvalue weighted by atomic mass is 32.2. The van der Waals surface area contributed by atoms with E-state index in [0.717, 1.165) is 0 Å². The highest BCUT2D eigenvalue weighted by Gasteiger charge is 2.29. The summed E-state index contributed by atoms with van der Waals surface area (Å²) in [4.78, 5) is 0.282. The van der Waals surface area contributed by atoms with Crippen molar-refractivity contribution in [1.29, 1.82) is 0 Å². The largest absolute Gasteiger partial charge is 0.398 e. The maximum absolute atomic E-state index is 12.9. The first-order chi connectivity index (χ1) is 9.23. The van der Waals surface area contributed by atoms with Crippen LogP contribution in [-0.2, 0) is 10.0 Å². The number of rotatable bonds is 6. The molecule has 0 saturated heterocycles. The Bertz CT molecular complexity index is 568. The standard InChI is InChI=1S/C14H24N2O3S/c1-10(2)16(8-5-9-17)20(18,19)14-11(3)6-7-13(15)12(14)4/h6-7,10,17H,5,8-9,15H2,1-4H3. The van der Waals surface area contributed by atoms with E-state index >= 15 is 0 Å². The van der Waals surface area contributed by atoms with Crippen molar-refractivity contribution in [2.75, 3.05) is 18.9 Å². The fourth-order valence-corrected chi connectivity index (χ4v) is 4.38. The first kappa shape index (κ1) is 16.9. The van der Waals surface area contributed by atoms with E-state index in [1.807, 2.05) is 13.8 Å². The second-order valence-electron chi connectivity index (χ2n) is 5.21. The van der Waals surface area contributed by atoms with Crippen molar-refractivity contribution in [2.24, 2.45) is 0 Å². The molecule has 0 fully saturated rings. The van der Waals surface area contributed by atoms with Gasteiger partial charge in [0.25, 0.3) is 0 Å². The van der Waals surface area contributed by atoms with Crippen LogP contribution in [0.5, 0.6) is 0 Å². The van der Waals surface area contributed by atoms with Crippen LogP contribution in [0.2, 0.25) is 0 Å². The van der Waals surface area contributed by atoms with E-state index in [2.05, 4.69) is 0 Å². The number of aliphatic hydroxyl groups is 1. The lowest BCUT2D eigenvalue weighted by atomic mass is 10.1. The molecule has 0 aliphatic heterocycles. The monoisotopic (exact) mass is 300 g/mol. The topological polar surface area (TPSA) is 83.6 Å². The number of aryl methyl sites for hydroxylation is 1. The number of aliphatic hydroxyl groups excluding tert-OH is 1. The van der Waals surface area contributed by atoms with Crippen molar-refractivity contribution in [1.82, 2.24) is 4.31 Å². The molecule has 0 spiro atoms. The van der Waals surface area contributed by atoms with Gasteiger partial charge in [-0.05, 0) is 51.3 Å². The zero-order valence-electron chi connectivity index (χ0n) is 12.5. The highest BCUT2D eigenvalue weighted by molar-refractivity contribution is 7.89. The number of sulfonamides is 1. The van der Waals surface area contributed by atoms with Crippen LogP contribution in [-0.4, -0.2) is 37.0 Å². The highest BCUT2D eigenvalue weighted by Crippen LogP contribution is 2.28. The van der Waals surface area contributed by atoms with Gasteiger partial charge in [-0.25, -0.2) is 8.42 Å². The van der Waals surface area contributed by atoms with E-state index in [9.17, 15) is 8.42 Å². The Balaban J connectivity index is 3.37. The average Bonchev–Trinajstić information content (AvgIpc) is 2.34. The minimum absolute atomic E-state index is 0.0341. The lowest BCUT2D eigenvalue weighted by Crippen LogP contribution is -2.38. The van der Waals surface area contributed by atoms with E-state index in [-0.39, 0.29) is 17.5 Å². The van der Waals surface area contributed by atoms with Gasteiger partial charge in [0.1, 0.15) is 0 Å². The fraction of sp³-hybridized carbons (Fsp3) is 0.571. The Morgan fingerprint density at radius 3 is 2.40 bits per heavy atom. The molecule has 3 N–H and O–H groups in total. The first-order valence-electron chi connectivity index (χ1n) is 6.71. The predicted molar refractivity (Wildman–Crippen MR) is 81.1 cm³/mol. The Kier molecular flexibility index (Phi) is 5.56. The Hall–Kier alpha value is -1.11. The second-order valence-corrected chi connectivity index (χ2v) is 7.04. The molecule has 5 nitrogen and oxygen atoms in total. The number of hydrogen-bond donors (Lipinski definition) is 2. The Morgan fingerprint density at radius 2 is 1.90 bits per heavy atom. The number of nitrogen functional groups attached to an aromatic ring is 1. The molecule has 0 amide bonds. The van der Waals surface area contributed by atoms with Gasteiger partial charge in [0.05, 0.1) is 4.90 Å². The van der Waals surface area contributed by atoms with E-state index in [1.165, 1.54) is 4.31 Å². The SMILES string of the molecule is Cc1ccc(N)c(C)c1S(=O)(=O)N(CCCO)C(C)C. The van der Waals surface area contributed by atoms with Crippen LogP contribution in [0, 0.1) is 13.8 Å².